The van der Waals surface area contributed by atoms with E-state index in [2.05, 4.69) is 27.4 Å². The standard InChI is InChI=1S/C11H19O2P/c1-11(13-14)9-7-5-3-2-4-6-8-10-12/h3,5,11-12H,2,4,6,8,10,14H2,1H3/b5-3-. The van der Waals surface area contributed by atoms with Crippen molar-refractivity contribution in [2.45, 2.75) is 38.7 Å². The molecular formula is C11H19O2P. The fourth-order valence-corrected chi connectivity index (χ4v) is 0.961. The van der Waals surface area contributed by atoms with E-state index in [1.165, 1.54) is 0 Å². The third-order valence-electron chi connectivity index (χ3n) is 1.72. The van der Waals surface area contributed by atoms with E-state index in [0.717, 1.165) is 25.7 Å². The Morgan fingerprint density at radius 2 is 2.21 bits per heavy atom. The van der Waals surface area contributed by atoms with Gasteiger partial charge in [0.15, 0.2) is 0 Å². The summed E-state index contributed by atoms with van der Waals surface area (Å²) in [5.74, 6) is 5.82. The second-order valence-electron chi connectivity index (χ2n) is 3.04. The fourth-order valence-electron chi connectivity index (χ4n) is 0.893. The van der Waals surface area contributed by atoms with Gasteiger partial charge in [-0.15, -0.1) is 0 Å². The first kappa shape index (κ1) is 13.7. The van der Waals surface area contributed by atoms with E-state index in [9.17, 15) is 0 Å². The molecule has 0 aliphatic rings. The van der Waals surface area contributed by atoms with Gasteiger partial charge in [0.2, 0.25) is 0 Å². The molecule has 14 heavy (non-hydrogen) atoms. The highest BCUT2D eigenvalue weighted by Gasteiger charge is 1.87. The molecule has 3 heteroatoms. The Labute approximate surface area is 89.0 Å². The summed E-state index contributed by atoms with van der Waals surface area (Å²) in [7, 11) is 2.20. The van der Waals surface area contributed by atoms with Crippen LogP contribution in [0.2, 0.25) is 0 Å². The smallest absolute Gasteiger partial charge is 0.119 e. The predicted molar refractivity (Wildman–Crippen MR) is 62.7 cm³/mol. The molecule has 0 radical (unpaired) electrons. The lowest BCUT2D eigenvalue weighted by Crippen LogP contribution is -1.94. The van der Waals surface area contributed by atoms with Crippen molar-refractivity contribution >= 4 is 9.47 Å². The van der Waals surface area contributed by atoms with Crippen molar-refractivity contribution in [3.63, 3.8) is 0 Å². The highest BCUT2D eigenvalue weighted by Crippen LogP contribution is 1.99. The molecule has 2 nitrogen and oxygen atoms in total. The average Bonchev–Trinajstić information content (AvgIpc) is 2.21. The molecule has 0 aliphatic heterocycles. The van der Waals surface area contributed by atoms with E-state index in [-0.39, 0.29) is 6.10 Å². The lowest BCUT2D eigenvalue weighted by atomic mass is 10.2. The summed E-state index contributed by atoms with van der Waals surface area (Å²) in [6, 6.07) is 0. The molecule has 0 fully saturated rings. The molecule has 0 saturated carbocycles. The van der Waals surface area contributed by atoms with Crippen LogP contribution in [-0.2, 0) is 4.52 Å². The highest BCUT2D eigenvalue weighted by molar-refractivity contribution is 7.09. The van der Waals surface area contributed by atoms with Crippen molar-refractivity contribution in [2.75, 3.05) is 6.61 Å². The van der Waals surface area contributed by atoms with Crippen LogP contribution in [0.4, 0.5) is 0 Å². The maximum Gasteiger partial charge on any atom is 0.119 e. The van der Waals surface area contributed by atoms with Crippen LogP contribution in [0.5, 0.6) is 0 Å². The molecule has 0 bridgehead atoms. The minimum absolute atomic E-state index is 0.0287. The number of hydrogen-bond acceptors (Lipinski definition) is 2. The summed E-state index contributed by atoms with van der Waals surface area (Å²) in [4.78, 5) is 0. The van der Waals surface area contributed by atoms with E-state index in [0.29, 0.717) is 6.61 Å². The van der Waals surface area contributed by atoms with E-state index < -0.39 is 0 Å². The SMILES string of the molecule is CC(C#C/C=C\CCCCCO)OP. The monoisotopic (exact) mass is 214 g/mol. The van der Waals surface area contributed by atoms with Gasteiger partial charge in [-0.25, -0.2) is 0 Å². The second-order valence-corrected chi connectivity index (χ2v) is 3.31. The molecule has 0 aliphatic carbocycles. The third-order valence-corrected chi connectivity index (χ3v) is 2.13. The van der Waals surface area contributed by atoms with Gasteiger partial charge in [-0.05, 0) is 32.3 Å². The van der Waals surface area contributed by atoms with E-state index in [1.54, 1.807) is 0 Å². The molecule has 0 heterocycles. The zero-order valence-electron chi connectivity index (χ0n) is 8.70. The zero-order chi connectivity index (χ0) is 10.6. The Hall–Kier alpha value is -0.350. The Balaban J connectivity index is 3.38. The largest absolute Gasteiger partial charge is 0.396 e. The van der Waals surface area contributed by atoms with Crippen LogP contribution in [0, 0.1) is 11.8 Å². The van der Waals surface area contributed by atoms with Crippen LogP contribution in [-0.4, -0.2) is 17.8 Å². The van der Waals surface area contributed by atoms with Gasteiger partial charge in [0.05, 0.1) is 0 Å². The maximum atomic E-state index is 8.54. The van der Waals surface area contributed by atoms with Crippen LogP contribution in [0.15, 0.2) is 12.2 Å². The van der Waals surface area contributed by atoms with Crippen molar-refractivity contribution in [3.05, 3.63) is 12.2 Å². The van der Waals surface area contributed by atoms with Gasteiger partial charge in [-0.3, -0.25) is 0 Å². The minimum Gasteiger partial charge on any atom is -0.396 e. The number of hydrogen-bond donors (Lipinski definition) is 1. The fraction of sp³-hybridized carbons (Fsp3) is 0.636. The summed E-state index contributed by atoms with van der Waals surface area (Å²) in [6.07, 6.45) is 8.02. The van der Waals surface area contributed by atoms with Crippen LogP contribution < -0.4 is 0 Å². The predicted octanol–water partition coefficient (Wildman–Crippen LogP) is 2.29. The Morgan fingerprint density at radius 1 is 1.43 bits per heavy atom. The van der Waals surface area contributed by atoms with Gasteiger partial charge in [0.25, 0.3) is 0 Å². The molecule has 80 valence electrons. The Bertz CT molecular complexity index is 203. The van der Waals surface area contributed by atoms with Crippen LogP contribution >= 0.6 is 9.47 Å². The van der Waals surface area contributed by atoms with Crippen LogP contribution in [0.3, 0.4) is 0 Å². The molecule has 0 rings (SSSR count). The molecule has 0 aromatic carbocycles. The molecule has 2 atom stereocenters. The van der Waals surface area contributed by atoms with E-state index in [4.69, 9.17) is 9.63 Å². The molecule has 0 spiro atoms. The molecule has 0 aromatic rings. The van der Waals surface area contributed by atoms with Crippen LogP contribution in [0.25, 0.3) is 0 Å². The lowest BCUT2D eigenvalue weighted by Gasteiger charge is -1.95. The molecule has 0 aromatic heterocycles. The van der Waals surface area contributed by atoms with Crippen molar-refractivity contribution < 1.29 is 9.63 Å². The quantitative estimate of drug-likeness (QED) is 0.417. The molecule has 0 saturated heterocycles. The molecule has 1 N–H and O–H groups in total. The summed E-state index contributed by atoms with van der Waals surface area (Å²) in [5, 5.41) is 8.54. The Kier molecular flexibility index (Phi) is 10.5. The van der Waals surface area contributed by atoms with Gasteiger partial charge < -0.3 is 9.63 Å². The van der Waals surface area contributed by atoms with Crippen molar-refractivity contribution in [1.29, 1.82) is 0 Å². The Morgan fingerprint density at radius 3 is 2.86 bits per heavy atom. The maximum absolute atomic E-state index is 8.54. The van der Waals surface area contributed by atoms with Gasteiger partial charge >= 0.3 is 0 Å². The number of allylic oxidation sites excluding steroid dienone is 2. The lowest BCUT2D eigenvalue weighted by molar-refractivity contribution is 0.283. The second kappa shape index (κ2) is 10.7. The summed E-state index contributed by atoms with van der Waals surface area (Å²) < 4.78 is 4.89. The average molecular weight is 214 g/mol. The van der Waals surface area contributed by atoms with Gasteiger partial charge in [-0.2, -0.15) is 0 Å². The topological polar surface area (TPSA) is 29.5 Å². The zero-order valence-corrected chi connectivity index (χ0v) is 9.86. The molecule has 2 unspecified atom stereocenters. The molecule has 0 amide bonds. The van der Waals surface area contributed by atoms with E-state index in [1.807, 2.05) is 13.0 Å². The first-order chi connectivity index (χ1) is 6.81. The normalized spacial score (nSPS) is 12.5. The van der Waals surface area contributed by atoms with Gasteiger partial charge in [0, 0.05) is 16.1 Å². The van der Waals surface area contributed by atoms with Crippen molar-refractivity contribution in [1.82, 2.24) is 0 Å². The summed E-state index contributed by atoms with van der Waals surface area (Å²) in [5.41, 5.74) is 0. The number of aliphatic hydroxyl groups is 1. The minimum atomic E-state index is -0.0287. The highest BCUT2D eigenvalue weighted by atomic mass is 31.0. The van der Waals surface area contributed by atoms with Crippen molar-refractivity contribution in [3.8, 4) is 11.8 Å². The van der Waals surface area contributed by atoms with Gasteiger partial charge in [0.1, 0.15) is 6.10 Å². The number of unbranched alkanes of at least 4 members (excludes halogenated alkanes) is 3. The first-order valence-corrected chi connectivity index (χ1v) is 5.41. The summed E-state index contributed by atoms with van der Waals surface area (Å²) in [6.45, 7) is 2.20. The third kappa shape index (κ3) is 9.74. The van der Waals surface area contributed by atoms with Crippen LogP contribution in [0.1, 0.15) is 32.6 Å². The van der Waals surface area contributed by atoms with E-state index >= 15 is 0 Å². The van der Waals surface area contributed by atoms with Crippen molar-refractivity contribution in [2.24, 2.45) is 0 Å². The molecular weight excluding hydrogens is 195 g/mol. The van der Waals surface area contributed by atoms with Gasteiger partial charge in [-0.1, -0.05) is 24.3 Å². The number of aliphatic hydroxyl groups excluding tert-OH is 1. The first-order valence-electron chi connectivity index (χ1n) is 4.93. The number of rotatable bonds is 6. The summed E-state index contributed by atoms with van der Waals surface area (Å²) >= 11 is 0.